The van der Waals surface area contributed by atoms with Gasteiger partial charge >= 0.3 is 17.9 Å². The summed E-state index contributed by atoms with van der Waals surface area (Å²) in [6.07, 6.45) is 26.1. The van der Waals surface area contributed by atoms with Crippen molar-refractivity contribution in [3.8, 4) is 0 Å². The van der Waals surface area contributed by atoms with E-state index in [2.05, 4.69) is 36.1 Å². The summed E-state index contributed by atoms with van der Waals surface area (Å²) in [7, 11) is 0. The quantitative estimate of drug-likeness (QED) is 0.0449. The average molecular weight is 685 g/mol. The van der Waals surface area contributed by atoms with Gasteiger partial charge in [-0.25, -0.2) is 14.4 Å². The molecule has 1 N–H and O–H groups in total. The van der Waals surface area contributed by atoms with E-state index in [-0.39, 0.29) is 25.2 Å². The molecule has 0 fully saturated rings. The van der Waals surface area contributed by atoms with Gasteiger partial charge in [0.2, 0.25) is 0 Å². The molecular formula is C42H68O7. The average Bonchev–Trinajstić information content (AvgIpc) is 3.09. The van der Waals surface area contributed by atoms with Crippen LogP contribution < -0.4 is 0 Å². The molecule has 0 aliphatic rings. The molecule has 0 saturated heterocycles. The third kappa shape index (κ3) is 34.2. The Morgan fingerprint density at radius 3 is 1.45 bits per heavy atom. The summed E-state index contributed by atoms with van der Waals surface area (Å²) >= 11 is 0. The van der Waals surface area contributed by atoms with Gasteiger partial charge in [-0.1, -0.05) is 165 Å². The highest BCUT2D eigenvalue weighted by Gasteiger charge is 2.06. The lowest BCUT2D eigenvalue weighted by atomic mass is 10.0. The second-order valence-corrected chi connectivity index (χ2v) is 12.2. The Hall–Kier alpha value is -3.45. The fourth-order valence-corrected chi connectivity index (χ4v) is 4.42. The van der Waals surface area contributed by atoms with Crippen LogP contribution in [0.3, 0.4) is 0 Å². The van der Waals surface area contributed by atoms with Crippen LogP contribution >= 0.6 is 0 Å². The highest BCUT2D eigenvalue weighted by atomic mass is 16.5. The Morgan fingerprint density at radius 2 is 1.04 bits per heavy atom. The molecule has 0 amide bonds. The Kier molecular flexibility index (Phi) is 34.9. The van der Waals surface area contributed by atoms with Crippen LogP contribution in [0.2, 0.25) is 0 Å². The molecule has 49 heavy (non-hydrogen) atoms. The van der Waals surface area contributed by atoms with Gasteiger partial charge in [-0.3, -0.25) is 0 Å². The summed E-state index contributed by atoms with van der Waals surface area (Å²) < 4.78 is 14.4. The zero-order valence-corrected chi connectivity index (χ0v) is 31.4. The number of hydrogen-bond donors (Lipinski definition) is 1. The zero-order chi connectivity index (χ0) is 37.0. The number of ether oxygens (including phenoxy) is 3. The van der Waals surface area contributed by atoms with E-state index in [1.54, 1.807) is 20.8 Å². The molecule has 0 saturated carbocycles. The number of aliphatic hydroxyl groups excluding tert-OH is 1. The molecular weight excluding hydrogens is 616 g/mol. The van der Waals surface area contributed by atoms with Crippen LogP contribution in [0.5, 0.6) is 0 Å². The van der Waals surface area contributed by atoms with Gasteiger partial charge in [-0.05, 0) is 39.2 Å². The topological polar surface area (TPSA) is 99.1 Å². The minimum absolute atomic E-state index is 0.0473. The molecule has 7 heteroatoms. The number of allylic oxidation sites excluding steroid dienone is 1. The molecule has 278 valence electrons. The first-order valence-corrected chi connectivity index (χ1v) is 18.4. The van der Waals surface area contributed by atoms with Crippen LogP contribution in [0, 0.1) is 0 Å². The minimum Gasteiger partial charge on any atom is -0.463 e. The van der Waals surface area contributed by atoms with E-state index in [0.717, 1.165) is 18.4 Å². The van der Waals surface area contributed by atoms with Crippen LogP contribution in [0.4, 0.5) is 0 Å². The molecule has 0 atom stereocenters. The summed E-state index contributed by atoms with van der Waals surface area (Å²) in [4.78, 5) is 32.9. The number of carbonyl (C=O) groups is 3. The monoisotopic (exact) mass is 684 g/mol. The van der Waals surface area contributed by atoms with E-state index in [9.17, 15) is 14.4 Å². The first-order valence-electron chi connectivity index (χ1n) is 18.4. The van der Waals surface area contributed by atoms with Crippen molar-refractivity contribution in [2.75, 3.05) is 26.4 Å². The van der Waals surface area contributed by atoms with Gasteiger partial charge < -0.3 is 19.3 Å². The summed E-state index contributed by atoms with van der Waals surface area (Å²) in [6, 6.07) is 10.1. The van der Waals surface area contributed by atoms with E-state index in [0.29, 0.717) is 36.4 Å². The number of carbonyl (C=O) groups excluding carboxylic acids is 3. The predicted molar refractivity (Wildman–Crippen MR) is 204 cm³/mol. The number of unbranched alkanes of at least 4 members (excludes halogenated alkanes) is 15. The molecule has 0 aliphatic carbocycles. The molecule has 7 nitrogen and oxygen atoms in total. The molecule has 0 heterocycles. The first kappa shape index (κ1) is 47.7. The maximum atomic E-state index is 12.0. The summed E-state index contributed by atoms with van der Waals surface area (Å²) in [5.74, 6) is -1.03. The standard InChI is InChI=1S/C30H48O2.C6H10O3.C6H10O2/c1-3-4-5-6-7-8-9-10-11-12-13-14-15-16-17-21-27-32-30(31)28(2)23-22-26-29-24-19-18-20-25-29;1-5(2)6(8)9-4-3-7;1-4-8-6(7)5(2)3/h18-20,22,24-26H,2-17,21,23,27H2,1H3;7H,1,3-4H2,2H3;2,4H2,1,3H3. The summed E-state index contributed by atoms with van der Waals surface area (Å²) in [5.41, 5.74) is 2.45. The van der Waals surface area contributed by atoms with Gasteiger partial charge in [0.15, 0.2) is 0 Å². The second kappa shape index (κ2) is 35.8. The van der Waals surface area contributed by atoms with Crippen molar-refractivity contribution in [1.29, 1.82) is 0 Å². The van der Waals surface area contributed by atoms with Crippen LogP contribution in [0.15, 0.2) is 72.9 Å². The SMILES string of the molecule is C=C(C)C(=O)OCC.C=C(C)C(=O)OCCO.C=C(CC=Cc1ccccc1)C(=O)OCCCCCCCCCCCCCCCCCC. The van der Waals surface area contributed by atoms with Crippen molar-refractivity contribution in [2.45, 2.75) is 137 Å². The second-order valence-electron chi connectivity index (χ2n) is 12.2. The van der Waals surface area contributed by atoms with Crippen molar-refractivity contribution >= 4 is 24.0 Å². The number of hydrogen-bond acceptors (Lipinski definition) is 7. The highest BCUT2D eigenvalue weighted by Crippen LogP contribution is 2.14. The normalized spacial score (nSPS) is 10.2. The van der Waals surface area contributed by atoms with E-state index in [1.807, 2.05) is 42.5 Å². The van der Waals surface area contributed by atoms with Gasteiger partial charge in [0.1, 0.15) is 6.61 Å². The maximum absolute atomic E-state index is 12.0. The van der Waals surface area contributed by atoms with Crippen molar-refractivity contribution in [2.24, 2.45) is 0 Å². The zero-order valence-electron chi connectivity index (χ0n) is 31.4. The fourth-order valence-electron chi connectivity index (χ4n) is 4.42. The lowest BCUT2D eigenvalue weighted by Crippen LogP contribution is -2.08. The van der Waals surface area contributed by atoms with Crippen LogP contribution in [-0.2, 0) is 28.6 Å². The molecule has 0 aliphatic heterocycles. The predicted octanol–water partition coefficient (Wildman–Crippen LogP) is 10.7. The van der Waals surface area contributed by atoms with Gasteiger partial charge in [-0.2, -0.15) is 0 Å². The van der Waals surface area contributed by atoms with Gasteiger partial charge in [0.05, 0.1) is 19.8 Å². The van der Waals surface area contributed by atoms with E-state index >= 15 is 0 Å². The van der Waals surface area contributed by atoms with Crippen molar-refractivity contribution in [3.05, 3.63) is 78.4 Å². The molecule has 0 radical (unpaired) electrons. The summed E-state index contributed by atoms with van der Waals surface area (Å²) in [5, 5.41) is 8.19. The minimum atomic E-state index is -0.455. The maximum Gasteiger partial charge on any atom is 0.333 e. The first-order chi connectivity index (χ1) is 23.6. The Bertz CT molecular complexity index is 1040. The molecule has 0 aromatic heterocycles. The van der Waals surface area contributed by atoms with Gasteiger partial charge in [0.25, 0.3) is 0 Å². The fraction of sp³-hybridized carbons (Fsp3) is 0.595. The van der Waals surface area contributed by atoms with Crippen LogP contribution in [0.25, 0.3) is 6.08 Å². The Morgan fingerprint density at radius 1 is 0.612 bits per heavy atom. The van der Waals surface area contributed by atoms with Gasteiger partial charge in [-0.15, -0.1) is 0 Å². The third-order valence-electron chi connectivity index (χ3n) is 7.29. The molecule has 1 aromatic carbocycles. The molecule has 0 bridgehead atoms. The number of aliphatic hydroxyl groups is 1. The van der Waals surface area contributed by atoms with Gasteiger partial charge in [0, 0.05) is 16.7 Å². The van der Waals surface area contributed by atoms with Crippen LogP contribution in [0.1, 0.15) is 142 Å². The molecule has 1 rings (SSSR count). The smallest absolute Gasteiger partial charge is 0.333 e. The van der Waals surface area contributed by atoms with E-state index in [1.165, 1.54) is 89.9 Å². The number of benzene rings is 1. The lowest BCUT2D eigenvalue weighted by Gasteiger charge is -2.06. The number of esters is 3. The number of rotatable bonds is 26. The van der Waals surface area contributed by atoms with Crippen molar-refractivity contribution < 1.29 is 33.7 Å². The highest BCUT2D eigenvalue weighted by molar-refractivity contribution is 5.88. The van der Waals surface area contributed by atoms with E-state index < -0.39 is 5.97 Å². The molecule has 0 unspecified atom stereocenters. The van der Waals surface area contributed by atoms with Crippen LogP contribution in [-0.4, -0.2) is 49.4 Å². The summed E-state index contributed by atoms with van der Waals surface area (Å²) in [6.45, 7) is 18.7. The Labute approximate surface area is 298 Å². The van der Waals surface area contributed by atoms with E-state index in [4.69, 9.17) is 9.84 Å². The molecule has 0 spiro atoms. The molecule has 1 aromatic rings. The largest absolute Gasteiger partial charge is 0.463 e. The Balaban J connectivity index is 0. The third-order valence-corrected chi connectivity index (χ3v) is 7.29. The lowest BCUT2D eigenvalue weighted by molar-refractivity contribution is -0.140. The van der Waals surface area contributed by atoms with Crippen molar-refractivity contribution in [3.63, 3.8) is 0 Å². The van der Waals surface area contributed by atoms with Crippen molar-refractivity contribution in [1.82, 2.24) is 0 Å².